The van der Waals surface area contributed by atoms with E-state index in [4.69, 9.17) is 0 Å². The van der Waals surface area contributed by atoms with Gasteiger partial charge in [0.05, 0.1) is 0 Å². The van der Waals surface area contributed by atoms with Crippen LogP contribution in [0.1, 0.15) is 24.1 Å². The number of hydrogen-bond acceptors (Lipinski definition) is 2. The Balaban J connectivity index is 2.03. The van der Waals surface area contributed by atoms with E-state index in [1.165, 1.54) is 18.2 Å². The predicted octanol–water partition coefficient (Wildman–Crippen LogP) is 4.28. The van der Waals surface area contributed by atoms with E-state index in [-0.39, 0.29) is 17.6 Å². The fraction of sp³-hybridized carbons (Fsp3) is 0.250. The van der Waals surface area contributed by atoms with Crippen LogP contribution in [0.2, 0.25) is 0 Å². The van der Waals surface area contributed by atoms with E-state index in [1.54, 1.807) is 30.3 Å². The molecule has 2 rings (SSSR count). The first-order valence-corrected chi connectivity index (χ1v) is 6.58. The molecule has 5 heteroatoms. The topological polar surface area (TPSA) is 21.3 Å². The molecule has 2 aromatic carbocycles. The van der Waals surface area contributed by atoms with Gasteiger partial charge in [-0.1, -0.05) is 30.3 Å². The summed E-state index contributed by atoms with van der Waals surface area (Å²) in [6.07, 6.45) is 0. The van der Waals surface area contributed by atoms with E-state index >= 15 is 0 Å². The monoisotopic (exact) mass is 295 g/mol. The van der Waals surface area contributed by atoms with Gasteiger partial charge in [-0.05, 0) is 30.7 Å². The number of nitrogens with one attached hydrogen (secondary N) is 1. The van der Waals surface area contributed by atoms with Crippen LogP contribution in [-0.2, 0) is 6.54 Å². The minimum Gasteiger partial charge on any atom is -0.434 e. The van der Waals surface area contributed by atoms with Crippen molar-refractivity contribution < 1.29 is 17.9 Å². The summed E-state index contributed by atoms with van der Waals surface area (Å²) in [5.41, 5.74) is 1.57. The molecule has 0 saturated heterocycles. The second-order valence-corrected chi connectivity index (χ2v) is 4.65. The maximum Gasteiger partial charge on any atom is 0.387 e. The van der Waals surface area contributed by atoms with Gasteiger partial charge in [0.1, 0.15) is 11.6 Å². The SMILES string of the molecule is CC(NCc1ccc(F)cc1)c1ccccc1OC(F)F. The Labute approximate surface area is 121 Å². The number of para-hydroxylation sites is 1. The van der Waals surface area contributed by atoms with Gasteiger partial charge in [0.25, 0.3) is 0 Å². The molecule has 1 atom stereocenters. The van der Waals surface area contributed by atoms with E-state index in [2.05, 4.69) is 10.1 Å². The van der Waals surface area contributed by atoms with Gasteiger partial charge in [0, 0.05) is 18.2 Å². The molecular weight excluding hydrogens is 279 g/mol. The first-order valence-electron chi connectivity index (χ1n) is 6.58. The van der Waals surface area contributed by atoms with E-state index in [0.717, 1.165) is 5.56 Å². The quantitative estimate of drug-likeness (QED) is 0.859. The molecule has 0 fully saturated rings. The van der Waals surface area contributed by atoms with Crippen LogP contribution in [0.15, 0.2) is 48.5 Å². The molecule has 0 spiro atoms. The predicted molar refractivity (Wildman–Crippen MR) is 74.7 cm³/mol. The highest BCUT2D eigenvalue weighted by molar-refractivity contribution is 5.35. The summed E-state index contributed by atoms with van der Waals surface area (Å²) in [5, 5.41) is 3.20. The van der Waals surface area contributed by atoms with Crippen LogP contribution >= 0.6 is 0 Å². The average Bonchev–Trinajstić information content (AvgIpc) is 2.46. The lowest BCUT2D eigenvalue weighted by Gasteiger charge is -2.18. The molecule has 0 aromatic heterocycles. The number of halogens is 3. The summed E-state index contributed by atoms with van der Waals surface area (Å²) in [7, 11) is 0. The van der Waals surface area contributed by atoms with Crippen molar-refractivity contribution in [3.8, 4) is 5.75 Å². The second kappa shape index (κ2) is 7.13. The van der Waals surface area contributed by atoms with Crippen LogP contribution in [0.3, 0.4) is 0 Å². The molecular formula is C16H16F3NO. The van der Waals surface area contributed by atoms with Crippen molar-refractivity contribution in [2.24, 2.45) is 0 Å². The third-order valence-electron chi connectivity index (χ3n) is 3.13. The molecule has 0 amide bonds. The smallest absolute Gasteiger partial charge is 0.387 e. The molecule has 2 nitrogen and oxygen atoms in total. The molecule has 21 heavy (non-hydrogen) atoms. The molecule has 0 aliphatic heterocycles. The number of ether oxygens (including phenoxy) is 1. The van der Waals surface area contributed by atoms with E-state index in [0.29, 0.717) is 12.1 Å². The third kappa shape index (κ3) is 4.49. The van der Waals surface area contributed by atoms with Crippen LogP contribution in [0, 0.1) is 5.82 Å². The maximum atomic E-state index is 12.8. The summed E-state index contributed by atoms with van der Waals surface area (Å²) in [5.74, 6) is -0.130. The molecule has 0 radical (unpaired) electrons. The third-order valence-corrected chi connectivity index (χ3v) is 3.13. The number of hydrogen-bond donors (Lipinski definition) is 1. The molecule has 1 N–H and O–H groups in total. The van der Waals surface area contributed by atoms with Gasteiger partial charge < -0.3 is 10.1 Å². The van der Waals surface area contributed by atoms with E-state index in [9.17, 15) is 13.2 Å². The van der Waals surface area contributed by atoms with Crippen LogP contribution < -0.4 is 10.1 Å². The number of alkyl halides is 2. The Kier molecular flexibility index (Phi) is 5.22. The lowest BCUT2D eigenvalue weighted by molar-refractivity contribution is -0.0506. The lowest BCUT2D eigenvalue weighted by Crippen LogP contribution is -2.19. The fourth-order valence-electron chi connectivity index (χ4n) is 2.02. The highest BCUT2D eigenvalue weighted by Crippen LogP contribution is 2.26. The van der Waals surface area contributed by atoms with Gasteiger partial charge in [-0.3, -0.25) is 0 Å². The standard InChI is InChI=1S/C16H16F3NO/c1-11(20-10-12-6-8-13(17)9-7-12)14-4-2-3-5-15(14)21-16(18)19/h2-9,11,16,20H,10H2,1H3. The van der Waals surface area contributed by atoms with Gasteiger partial charge >= 0.3 is 6.61 Å². The van der Waals surface area contributed by atoms with Crippen molar-refractivity contribution in [1.82, 2.24) is 5.32 Å². The first kappa shape index (κ1) is 15.4. The number of rotatable bonds is 6. The molecule has 112 valence electrons. The van der Waals surface area contributed by atoms with Gasteiger partial charge in [-0.15, -0.1) is 0 Å². The number of benzene rings is 2. The van der Waals surface area contributed by atoms with Gasteiger partial charge in [0.15, 0.2) is 0 Å². The van der Waals surface area contributed by atoms with Crippen LogP contribution in [0.25, 0.3) is 0 Å². The van der Waals surface area contributed by atoms with Crippen molar-refractivity contribution in [2.75, 3.05) is 0 Å². The first-order chi connectivity index (χ1) is 10.1. The molecule has 1 unspecified atom stereocenters. The summed E-state index contributed by atoms with van der Waals surface area (Å²) in [6, 6.07) is 12.6. The Bertz CT molecular complexity index is 572. The minimum atomic E-state index is -2.85. The summed E-state index contributed by atoms with van der Waals surface area (Å²) >= 11 is 0. The van der Waals surface area contributed by atoms with Crippen molar-refractivity contribution in [1.29, 1.82) is 0 Å². The average molecular weight is 295 g/mol. The lowest BCUT2D eigenvalue weighted by atomic mass is 10.1. The van der Waals surface area contributed by atoms with Crippen molar-refractivity contribution in [3.63, 3.8) is 0 Å². The van der Waals surface area contributed by atoms with Crippen molar-refractivity contribution >= 4 is 0 Å². The normalized spacial score (nSPS) is 12.4. The highest BCUT2D eigenvalue weighted by Gasteiger charge is 2.14. The Hall–Kier alpha value is -2.01. The summed E-state index contributed by atoms with van der Waals surface area (Å²) in [6.45, 7) is -0.489. The second-order valence-electron chi connectivity index (χ2n) is 4.65. The van der Waals surface area contributed by atoms with Gasteiger partial charge in [-0.2, -0.15) is 8.78 Å². The van der Waals surface area contributed by atoms with E-state index < -0.39 is 6.61 Å². The molecule has 0 aliphatic carbocycles. The van der Waals surface area contributed by atoms with Crippen LogP contribution in [0.4, 0.5) is 13.2 Å². The van der Waals surface area contributed by atoms with Gasteiger partial charge in [-0.25, -0.2) is 4.39 Å². The molecule has 0 heterocycles. The zero-order valence-corrected chi connectivity index (χ0v) is 11.5. The van der Waals surface area contributed by atoms with Crippen LogP contribution in [-0.4, -0.2) is 6.61 Å². The fourth-order valence-corrected chi connectivity index (χ4v) is 2.02. The summed E-state index contributed by atoms with van der Waals surface area (Å²) < 4.78 is 42.1. The zero-order valence-electron chi connectivity index (χ0n) is 11.5. The maximum absolute atomic E-state index is 12.8. The van der Waals surface area contributed by atoms with Gasteiger partial charge in [0.2, 0.25) is 0 Å². The Morgan fingerprint density at radius 3 is 2.38 bits per heavy atom. The largest absolute Gasteiger partial charge is 0.434 e. The minimum absolute atomic E-state index is 0.159. The molecule has 0 bridgehead atoms. The van der Waals surface area contributed by atoms with Crippen LogP contribution in [0.5, 0.6) is 5.75 Å². The Morgan fingerprint density at radius 1 is 1.05 bits per heavy atom. The molecule has 0 aliphatic rings. The Morgan fingerprint density at radius 2 is 1.71 bits per heavy atom. The van der Waals surface area contributed by atoms with Crippen molar-refractivity contribution in [3.05, 3.63) is 65.5 Å². The summed E-state index contributed by atoms with van der Waals surface area (Å²) in [4.78, 5) is 0. The van der Waals surface area contributed by atoms with Crippen molar-refractivity contribution in [2.45, 2.75) is 26.1 Å². The highest BCUT2D eigenvalue weighted by atomic mass is 19.3. The molecule has 2 aromatic rings. The van der Waals surface area contributed by atoms with E-state index in [1.807, 2.05) is 6.92 Å². The zero-order chi connectivity index (χ0) is 15.2. The molecule has 0 saturated carbocycles.